The maximum atomic E-state index is 11.3. The minimum absolute atomic E-state index is 0.343. The second-order valence-electron chi connectivity index (χ2n) is 5.53. The van der Waals surface area contributed by atoms with Crippen molar-refractivity contribution in [2.24, 2.45) is 0 Å². The molecule has 0 bridgehead atoms. The molecule has 0 radical (unpaired) electrons. The zero-order chi connectivity index (χ0) is 15.2. The third-order valence-electron chi connectivity index (χ3n) is 4.00. The Morgan fingerprint density at radius 3 is 2.67 bits per heavy atom. The van der Waals surface area contributed by atoms with Gasteiger partial charge in [-0.05, 0) is 51.4 Å². The summed E-state index contributed by atoms with van der Waals surface area (Å²) in [4.78, 5) is 18.3. The number of rotatable bonds is 6. The van der Waals surface area contributed by atoms with Crippen molar-refractivity contribution in [3.05, 3.63) is 23.4 Å². The number of anilines is 1. The van der Waals surface area contributed by atoms with Crippen LogP contribution in [0.25, 0.3) is 0 Å². The largest absolute Gasteiger partial charge is 0.478 e. The molecule has 2 rings (SSSR count). The fraction of sp³-hybridized carbons (Fsp3) is 0.625. The van der Waals surface area contributed by atoms with E-state index in [1.807, 2.05) is 0 Å². The van der Waals surface area contributed by atoms with Crippen LogP contribution in [-0.2, 0) is 6.42 Å². The van der Waals surface area contributed by atoms with Crippen LogP contribution in [0.4, 0.5) is 5.82 Å². The van der Waals surface area contributed by atoms with Crippen LogP contribution in [0, 0.1) is 0 Å². The fourth-order valence-electron chi connectivity index (χ4n) is 2.95. The average molecular weight is 291 g/mol. The summed E-state index contributed by atoms with van der Waals surface area (Å²) in [6.45, 7) is 7.07. The van der Waals surface area contributed by atoms with Crippen LogP contribution in [-0.4, -0.2) is 41.7 Å². The van der Waals surface area contributed by atoms with Gasteiger partial charge in [-0.25, -0.2) is 9.78 Å². The van der Waals surface area contributed by atoms with Gasteiger partial charge in [0, 0.05) is 18.3 Å². The summed E-state index contributed by atoms with van der Waals surface area (Å²) in [5, 5.41) is 12.7. The smallest absolute Gasteiger partial charge is 0.335 e. The lowest BCUT2D eigenvalue weighted by Crippen LogP contribution is -2.43. The number of nitrogens with one attached hydrogen (secondary N) is 1. The molecule has 2 heterocycles. The number of aromatic nitrogens is 1. The molecule has 0 atom stereocenters. The van der Waals surface area contributed by atoms with Gasteiger partial charge in [0.1, 0.15) is 5.82 Å². The standard InChI is InChI=1S/C16H25N3O2/c1-3-5-13-10-12(16(20)21)11-15(18-13)19(4-2)14-6-8-17-9-7-14/h10-11,14,17H,3-9H2,1-2H3,(H,20,21). The Kier molecular flexibility index (Phi) is 5.56. The average Bonchev–Trinajstić information content (AvgIpc) is 2.49. The van der Waals surface area contributed by atoms with Crippen molar-refractivity contribution in [1.29, 1.82) is 0 Å². The maximum Gasteiger partial charge on any atom is 0.335 e. The highest BCUT2D eigenvalue weighted by atomic mass is 16.4. The molecule has 1 aliphatic rings. The van der Waals surface area contributed by atoms with Crippen LogP contribution < -0.4 is 10.2 Å². The molecule has 21 heavy (non-hydrogen) atoms. The molecule has 1 aromatic heterocycles. The predicted molar refractivity (Wildman–Crippen MR) is 84.1 cm³/mol. The molecule has 1 aromatic rings. The first-order valence-electron chi connectivity index (χ1n) is 7.87. The number of aromatic carboxylic acids is 1. The first-order valence-corrected chi connectivity index (χ1v) is 7.87. The van der Waals surface area contributed by atoms with Gasteiger partial charge in [0.25, 0.3) is 0 Å². The van der Waals surface area contributed by atoms with E-state index in [1.54, 1.807) is 12.1 Å². The molecule has 0 saturated carbocycles. The van der Waals surface area contributed by atoms with Gasteiger partial charge < -0.3 is 15.3 Å². The van der Waals surface area contributed by atoms with Gasteiger partial charge in [-0.3, -0.25) is 0 Å². The van der Waals surface area contributed by atoms with Gasteiger partial charge in [-0.2, -0.15) is 0 Å². The van der Waals surface area contributed by atoms with Gasteiger partial charge in [-0.15, -0.1) is 0 Å². The number of carbonyl (C=O) groups is 1. The Morgan fingerprint density at radius 2 is 2.10 bits per heavy atom. The summed E-state index contributed by atoms with van der Waals surface area (Å²) in [5.41, 5.74) is 1.22. The summed E-state index contributed by atoms with van der Waals surface area (Å²) in [7, 11) is 0. The predicted octanol–water partition coefficient (Wildman–Crippen LogP) is 2.31. The molecule has 1 fully saturated rings. The third kappa shape index (κ3) is 3.94. The summed E-state index contributed by atoms with van der Waals surface area (Å²) in [6, 6.07) is 3.86. The van der Waals surface area contributed by atoms with E-state index in [2.05, 4.69) is 24.1 Å². The lowest BCUT2D eigenvalue weighted by molar-refractivity contribution is 0.0696. The topological polar surface area (TPSA) is 65.5 Å². The molecule has 0 aliphatic carbocycles. The highest BCUT2D eigenvalue weighted by molar-refractivity contribution is 5.88. The second kappa shape index (κ2) is 7.41. The van der Waals surface area contributed by atoms with Gasteiger partial charge in [0.05, 0.1) is 5.56 Å². The molecule has 2 N–H and O–H groups in total. The number of hydrogen-bond donors (Lipinski definition) is 2. The normalized spacial score (nSPS) is 15.9. The Labute approximate surface area is 126 Å². The lowest BCUT2D eigenvalue weighted by atomic mass is 10.0. The maximum absolute atomic E-state index is 11.3. The third-order valence-corrected chi connectivity index (χ3v) is 4.00. The van der Waals surface area contributed by atoms with Gasteiger partial charge in [-0.1, -0.05) is 13.3 Å². The van der Waals surface area contributed by atoms with Crippen molar-refractivity contribution in [3.63, 3.8) is 0 Å². The number of nitrogens with zero attached hydrogens (tertiary/aromatic N) is 2. The van der Waals surface area contributed by atoms with Crippen LogP contribution in [0.2, 0.25) is 0 Å². The van der Waals surface area contributed by atoms with Crippen molar-refractivity contribution >= 4 is 11.8 Å². The van der Waals surface area contributed by atoms with Crippen molar-refractivity contribution in [3.8, 4) is 0 Å². The molecule has 0 aromatic carbocycles. The molecule has 0 amide bonds. The number of hydrogen-bond acceptors (Lipinski definition) is 4. The molecule has 5 nitrogen and oxygen atoms in total. The molecular formula is C16H25N3O2. The molecule has 0 unspecified atom stereocenters. The highest BCUT2D eigenvalue weighted by Gasteiger charge is 2.22. The molecular weight excluding hydrogens is 266 g/mol. The fourth-order valence-corrected chi connectivity index (χ4v) is 2.95. The highest BCUT2D eigenvalue weighted by Crippen LogP contribution is 2.22. The first kappa shape index (κ1) is 15.8. The van der Waals surface area contributed by atoms with Crippen molar-refractivity contribution < 1.29 is 9.90 Å². The van der Waals surface area contributed by atoms with E-state index in [-0.39, 0.29) is 0 Å². The minimum Gasteiger partial charge on any atom is -0.478 e. The zero-order valence-electron chi connectivity index (χ0n) is 12.9. The second-order valence-corrected chi connectivity index (χ2v) is 5.53. The van der Waals surface area contributed by atoms with Crippen molar-refractivity contribution in [2.75, 3.05) is 24.5 Å². The number of carboxylic acid groups (broad SMARTS) is 1. The van der Waals surface area contributed by atoms with Crippen LogP contribution in [0.3, 0.4) is 0 Å². The summed E-state index contributed by atoms with van der Waals surface area (Å²) in [5.74, 6) is -0.0647. The van der Waals surface area contributed by atoms with Crippen molar-refractivity contribution in [2.45, 2.75) is 45.6 Å². The molecule has 1 saturated heterocycles. The van der Waals surface area contributed by atoms with E-state index in [9.17, 15) is 9.90 Å². The zero-order valence-corrected chi connectivity index (χ0v) is 12.9. The first-order chi connectivity index (χ1) is 10.2. The molecule has 0 spiro atoms. The quantitative estimate of drug-likeness (QED) is 0.842. The van der Waals surface area contributed by atoms with E-state index >= 15 is 0 Å². The summed E-state index contributed by atoms with van der Waals surface area (Å²) >= 11 is 0. The van der Waals surface area contributed by atoms with Crippen LogP contribution in [0.15, 0.2) is 12.1 Å². The lowest BCUT2D eigenvalue weighted by Gasteiger charge is -2.35. The summed E-state index contributed by atoms with van der Waals surface area (Å²) in [6.07, 6.45) is 3.94. The van der Waals surface area contributed by atoms with E-state index < -0.39 is 5.97 Å². The van der Waals surface area contributed by atoms with Gasteiger partial charge >= 0.3 is 5.97 Å². The Bertz CT molecular complexity index is 484. The molecule has 5 heteroatoms. The Morgan fingerprint density at radius 1 is 1.38 bits per heavy atom. The van der Waals surface area contributed by atoms with Crippen LogP contribution in [0.5, 0.6) is 0 Å². The van der Waals surface area contributed by atoms with Gasteiger partial charge in [0.2, 0.25) is 0 Å². The molecule has 1 aliphatic heterocycles. The van der Waals surface area contributed by atoms with E-state index in [1.165, 1.54) is 0 Å². The van der Waals surface area contributed by atoms with Crippen molar-refractivity contribution in [1.82, 2.24) is 10.3 Å². The SMILES string of the molecule is CCCc1cc(C(=O)O)cc(N(CC)C2CCNCC2)n1. The number of carboxylic acids is 1. The van der Waals surface area contributed by atoms with Crippen LogP contribution >= 0.6 is 0 Å². The minimum atomic E-state index is -0.877. The van der Waals surface area contributed by atoms with E-state index in [4.69, 9.17) is 4.98 Å². The monoisotopic (exact) mass is 291 g/mol. The summed E-state index contributed by atoms with van der Waals surface area (Å²) < 4.78 is 0. The van der Waals surface area contributed by atoms with E-state index in [0.29, 0.717) is 11.6 Å². The number of piperidine rings is 1. The van der Waals surface area contributed by atoms with Crippen LogP contribution in [0.1, 0.15) is 49.2 Å². The number of pyridine rings is 1. The van der Waals surface area contributed by atoms with E-state index in [0.717, 1.165) is 56.8 Å². The number of aryl methyl sites for hydroxylation is 1. The Hall–Kier alpha value is -1.62. The van der Waals surface area contributed by atoms with Gasteiger partial charge in [0.15, 0.2) is 0 Å². The Balaban J connectivity index is 2.31. The molecule has 116 valence electrons.